The first-order chi connectivity index (χ1) is 4.66. The second-order valence-electron chi connectivity index (χ2n) is 2.12. The third-order valence-corrected chi connectivity index (χ3v) is 2.09. The molecular weight excluding hydrogens is 191 g/mol. The van der Waals surface area contributed by atoms with Gasteiger partial charge in [0.1, 0.15) is 18.3 Å². The zero-order chi connectivity index (χ0) is 7.72. The summed E-state index contributed by atoms with van der Waals surface area (Å²) < 4.78 is 2.62. The molecule has 0 saturated carbocycles. The first kappa shape index (κ1) is 7.86. The van der Waals surface area contributed by atoms with Gasteiger partial charge in [0.15, 0.2) is 0 Å². The van der Waals surface area contributed by atoms with Crippen molar-refractivity contribution in [1.82, 2.24) is 9.55 Å². The summed E-state index contributed by atoms with van der Waals surface area (Å²) in [7, 11) is 7.54. The van der Waals surface area contributed by atoms with Gasteiger partial charge < -0.3 is 4.57 Å². The molecule has 0 aliphatic heterocycles. The number of halogens is 1. The predicted molar refractivity (Wildman–Crippen MR) is 45.7 cm³/mol. The van der Waals surface area contributed by atoms with E-state index < -0.39 is 0 Å². The summed E-state index contributed by atoms with van der Waals surface area (Å²) in [6, 6.07) is 0. The smallest absolute Gasteiger partial charge is 0.142 e. The number of imidazole rings is 1. The molecule has 0 unspecified atom stereocenters. The van der Waals surface area contributed by atoms with E-state index in [4.69, 9.17) is 7.85 Å². The molecule has 0 aromatic carbocycles. The van der Waals surface area contributed by atoms with Crippen molar-refractivity contribution >= 4 is 29.4 Å². The summed E-state index contributed by atoms with van der Waals surface area (Å²) >= 11 is 3.25. The fraction of sp³-hybridized carbons (Fsp3) is 0.500. The summed E-state index contributed by atoms with van der Waals surface area (Å²) in [5.74, 6) is 1.00. The van der Waals surface area contributed by atoms with E-state index >= 15 is 0 Å². The van der Waals surface area contributed by atoms with Crippen LogP contribution >= 0.6 is 15.9 Å². The first-order valence-electron chi connectivity index (χ1n) is 3.13. The van der Waals surface area contributed by atoms with Crippen molar-refractivity contribution in [3.63, 3.8) is 0 Å². The third kappa shape index (κ3) is 1.12. The molecule has 0 saturated heterocycles. The van der Waals surface area contributed by atoms with Crippen LogP contribution in [0.25, 0.3) is 0 Å². The Kier molecular flexibility index (Phi) is 2.19. The van der Waals surface area contributed by atoms with E-state index in [9.17, 15) is 0 Å². The quantitative estimate of drug-likeness (QED) is 0.603. The van der Waals surface area contributed by atoms with Gasteiger partial charge in [-0.15, -0.1) is 0 Å². The minimum Gasteiger partial charge on any atom is -0.344 e. The Labute approximate surface area is 70.2 Å². The van der Waals surface area contributed by atoms with E-state index in [-0.39, 0.29) is 0 Å². The largest absolute Gasteiger partial charge is 0.344 e. The van der Waals surface area contributed by atoms with Crippen molar-refractivity contribution in [2.75, 3.05) is 0 Å². The normalized spacial score (nSPS) is 10.3. The molecule has 0 spiro atoms. The lowest BCUT2D eigenvalue weighted by Crippen LogP contribution is -2.15. The van der Waals surface area contributed by atoms with Crippen LogP contribution in [0.5, 0.6) is 0 Å². The molecule has 0 atom stereocenters. The van der Waals surface area contributed by atoms with Crippen LogP contribution in [0.2, 0.25) is 0 Å². The number of nitrogens with zero attached hydrogens (tertiary/aromatic N) is 2. The molecule has 0 fully saturated rings. The Balaban J connectivity index is 3.17. The Hall–Kier alpha value is -0.245. The second kappa shape index (κ2) is 2.78. The molecule has 0 N–H and O–H groups in total. The summed E-state index contributed by atoms with van der Waals surface area (Å²) in [5, 5.41) is 0. The molecule has 0 bridgehead atoms. The zero-order valence-electron chi connectivity index (χ0n) is 6.06. The number of rotatable bonds is 1. The highest BCUT2D eigenvalue weighted by Crippen LogP contribution is 2.04. The van der Waals surface area contributed by atoms with Crippen molar-refractivity contribution in [2.24, 2.45) is 7.05 Å². The van der Waals surface area contributed by atoms with Crippen LogP contribution in [0.15, 0.2) is 4.60 Å². The molecule has 0 aliphatic carbocycles. The SMILES string of the molecule is [B]c1c(Br)nc(CC)n1C. The molecule has 1 aromatic rings. The number of hydrogen-bond acceptors (Lipinski definition) is 1. The van der Waals surface area contributed by atoms with Crippen LogP contribution in [0.3, 0.4) is 0 Å². The standard InChI is InChI=1S/C6H8BBrN2/c1-3-4-9-6(8)5(7)10(4)2/h3H2,1-2H3. The van der Waals surface area contributed by atoms with Crippen LogP contribution in [-0.4, -0.2) is 17.4 Å². The summed E-state index contributed by atoms with van der Waals surface area (Å²) in [6.07, 6.45) is 0.909. The van der Waals surface area contributed by atoms with Crippen molar-refractivity contribution < 1.29 is 0 Å². The van der Waals surface area contributed by atoms with Crippen LogP contribution in [0.4, 0.5) is 0 Å². The lowest BCUT2D eigenvalue weighted by molar-refractivity contribution is 0.823. The summed E-state index contributed by atoms with van der Waals surface area (Å²) in [5.41, 5.74) is 0.692. The number of hydrogen-bond donors (Lipinski definition) is 0. The van der Waals surface area contributed by atoms with Crippen molar-refractivity contribution in [1.29, 1.82) is 0 Å². The number of aromatic nitrogens is 2. The predicted octanol–water partition coefficient (Wildman–Crippen LogP) is 0.539. The second-order valence-corrected chi connectivity index (χ2v) is 2.87. The average Bonchev–Trinajstić information content (AvgIpc) is 2.17. The van der Waals surface area contributed by atoms with Gasteiger partial charge in [-0.05, 0) is 21.5 Å². The highest BCUT2D eigenvalue weighted by molar-refractivity contribution is 9.10. The van der Waals surface area contributed by atoms with E-state index in [1.54, 1.807) is 0 Å². The molecule has 0 amide bonds. The first-order valence-corrected chi connectivity index (χ1v) is 3.92. The van der Waals surface area contributed by atoms with Gasteiger partial charge in [-0.25, -0.2) is 4.98 Å². The lowest BCUT2D eigenvalue weighted by Gasteiger charge is -1.98. The molecule has 1 rings (SSSR count). The summed E-state index contributed by atoms with van der Waals surface area (Å²) in [4.78, 5) is 4.18. The van der Waals surface area contributed by atoms with E-state index in [2.05, 4.69) is 20.9 Å². The van der Waals surface area contributed by atoms with Gasteiger partial charge in [0, 0.05) is 13.5 Å². The Morgan fingerprint density at radius 3 is 2.50 bits per heavy atom. The Bertz CT molecular complexity index is 244. The van der Waals surface area contributed by atoms with E-state index in [1.807, 2.05) is 18.5 Å². The molecular formula is C6H8BBrN2. The van der Waals surface area contributed by atoms with Crippen molar-refractivity contribution in [3.8, 4) is 0 Å². The molecule has 52 valence electrons. The van der Waals surface area contributed by atoms with Crippen LogP contribution in [0.1, 0.15) is 12.7 Å². The van der Waals surface area contributed by atoms with Gasteiger partial charge in [0.2, 0.25) is 0 Å². The van der Waals surface area contributed by atoms with Gasteiger partial charge >= 0.3 is 0 Å². The van der Waals surface area contributed by atoms with E-state index in [0.29, 0.717) is 5.59 Å². The molecule has 2 nitrogen and oxygen atoms in total. The maximum atomic E-state index is 5.63. The van der Waals surface area contributed by atoms with Crippen molar-refractivity contribution in [3.05, 3.63) is 10.4 Å². The van der Waals surface area contributed by atoms with Crippen molar-refractivity contribution in [2.45, 2.75) is 13.3 Å². The van der Waals surface area contributed by atoms with E-state index in [1.165, 1.54) is 0 Å². The Morgan fingerprint density at radius 2 is 2.30 bits per heavy atom. The highest BCUT2D eigenvalue weighted by atomic mass is 79.9. The molecule has 10 heavy (non-hydrogen) atoms. The van der Waals surface area contributed by atoms with Gasteiger partial charge in [-0.3, -0.25) is 0 Å². The van der Waals surface area contributed by atoms with E-state index in [0.717, 1.165) is 16.8 Å². The zero-order valence-corrected chi connectivity index (χ0v) is 7.64. The van der Waals surface area contributed by atoms with Crippen LogP contribution < -0.4 is 5.59 Å². The monoisotopic (exact) mass is 198 g/mol. The topological polar surface area (TPSA) is 17.8 Å². The Morgan fingerprint density at radius 1 is 1.70 bits per heavy atom. The maximum absolute atomic E-state index is 5.63. The van der Waals surface area contributed by atoms with Gasteiger partial charge in [0.05, 0.1) is 0 Å². The molecule has 2 radical (unpaired) electrons. The van der Waals surface area contributed by atoms with Gasteiger partial charge in [0.25, 0.3) is 0 Å². The molecule has 0 aliphatic rings. The number of aryl methyl sites for hydroxylation is 1. The summed E-state index contributed by atoms with van der Waals surface area (Å²) in [6.45, 7) is 2.05. The minimum absolute atomic E-state index is 0.692. The molecule has 1 aromatic heterocycles. The van der Waals surface area contributed by atoms with Crippen LogP contribution in [0, 0.1) is 0 Å². The molecule has 4 heteroatoms. The third-order valence-electron chi connectivity index (χ3n) is 1.50. The molecule has 1 heterocycles. The maximum Gasteiger partial charge on any atom is 0.142 e. The minimum atomic E-state index is 0.692. The van der Waals surface area contributed by atoms with Crippen LogP contribution in [-0.2, 0) is 13.5 Å². The fourth-order valence-corrected chi connectivity index (χ4v) is 1.31. The fourth-order valence-electron chi connectivity index (χ4n) is 0.839. The van der Waals surface area contributed by atoms with Gasteiger partial charge in [-0.2, -0.15) is 0 Å². The van der Waals surface area contributed by atoms with Gasteiger partial charge in [-0.1, -0.05) is 6.92 Å². The highest BCUT2D eigenvalue weighted by Gasteiger charge is 2.04. The average molecular weight is 199 g/mol. The lowest BCUT2D eigenvalue weighted by atomic mass is 10.1.